The molecule has 0 amide bonds. The number of rotatable bonds is 5. The number of hydrogen-bond acceptors (Lipinski definition) is 4. The Morgan fingerprint density at radius 3 is 1.71 bits per heavy atom. The molecule has 256 valence electrons. The Kier molecular flexibility index (Phi) is 7.14. The lowest BCUT2D eigenvalue weighted by atomic mass is 9.95. The van der Waals surface area contributed by atoms with Crippen molar-refractivity contribution in [3.63, 3.8) is 0 Å². The second kappa shape index (κ2) is 12.6. The number of fused-ring (bicyclic) bond motifs is 6. The Morgan fingerprint density at radius 2 is 0.855 bits per heavy atom. The van der Waals surface area contributed by atoms with Gasteiger partial charge in [0.15, 0.2) is 17.5 Å². The van der Waals surface area contributed by atoms with Crippen LogP contribution in [-0.2, 0) is 0 Å². The number of nitrogens with zero attached hydrogens (tertiary/aromatic N) is 3. The summed E-state index contributed by atoms with van der Waals surface area (Å²) in [5.41, 5.74) is 9.18. The van der Waals surface area contributed by atoms with Gasteiger partial charge in [-0.25, -0.2) is 15.0 Å². The van der Waals surface area contributed by atoms with Crippen LogP contribution in [0.4, 0.5) is 0 Å². The van der Waals surface area contributed by atoms with E-state index in [9.17, 15) is 0 Å². The van der Waals surface area contributed by atoms with E-state index in [0.29, 0.717) is 17.5 Å². The molecule has 0 fully saturated rings. The Morgan fingerprint density at radius 1 is 0.273 bits per heavy atom. The molecule has 9 aromatic carbocycles. The van der Waals surface area contributed by atoms with Gasteiger partial charge in [0.25, 0.3) is 0 Å². The van der Waals surface area contributed by atoms with Crippen LogP contribution in [0.25, 0.3) is 111 Å². The number of benzene rings is 9. The highest BCUT2D eigenvalue weighted by atomic mass is 16.3. The summed E-state index contributed by atoms with van der Waals surface area (Å²) in [6.07, 6.45) is 0. The van der Waals surface area contributed by atoms with Crippen molar-refractivity contribution in [2.75, 3.05) is 0 Å². The summed E-state index contributed by atoms with van der Waals surface area (Å²) in [4.78, 5) is 15.5. The third kappa shape index (κ3) is 5.43. The molecule has 0 aliphatic rings. The average molecular weight is 702 g/mol. The van der Waals surface area contributed by atoms with Crippen molar-refractivity contribution in [3.8, 4) is 56.4 Å². The van der Waals surface area contributed by atoms with E-state index in [4.69, 9.17) is 19.4 Å². The maximum absolute atomic E-state index is 6.26. The first-order valence-corrected chi connectivity index (χ1v) is 18.5. The summed E-state index contributed by atoms with van der Waals surface area (Å²) >= 11 is 0. The SMILES string of the molecule is c1ccc(-c2cccc3c(-c4nc(-c5ccc(-c6ccc7ccccc7c6)cc5)nc(-c5ccc6cc7c(cc6c5)oc5ccccc57)n4)cccc23)cc1. The van der Waals surface area contributed by atoms with Gasteiger partial charge in [-0.1, -0.05) is 158 Å². The minimum Gasteiger partial charge on any atom is -0.456 e. The van der Waals surface area contributed by atoms with Crippen LogP contribution < -0.4 is 0 Å². The lowest BCUT2D eigenvalue weighted by Crippen LogP contribution is -2.01. The second-order valence-corrected chi connectivity index (χ2v) is 14.0. The maximum atomic E-state index is 6.26. The van der Waals surface area contributed by atoms with E-state index in [0.717, 1.165) is 65.7 Å². The number of aromatic nitrogens is 3. The van der Waals surface area contributed by atoms with Gasteiger partial charge < -0.3 is 4.42 Å². The highest BCUT2D eigenvalue weighted by molar-refractivity contribution is 6.10. The summed E-state index contributed by atoms with van der Waals surface area (Å²) in [5.74, 6) is 1.86. The van der Waals surface area contributed by atoms with E-state index in [2.05, 4.69) is 170 Å². The minimum absolute atomic E-state index is 0.612. The molecule has 55 heavy (non-hydrogen) atoms. The van der Waals surface area contributed by atoms with Crippen molar-refractivity contribution >= 4 is 54.3 Å². The summed E-state index contributed by atoms with van der Waals surface area (Å²) < 4.78 is 6.26. The third-order valence-corrected chi connectivity index (χ3v) is 10.7. The van der Waals surface area contributed by atoms with Crippen molar-refractivity contribution in [2.45, 2.75) is 0 Å². The Labute approximate surface area is 317 Å². The fourth-order valence-corrected chi connectivity index (χ4v) is 7.92. The van der Waals surface area contributed by atoms with Gasteiger partial charge in [-0.2, -0.15) is 0 Å². The van der Waals surface area contributed by atoms with Gasteiger partial charge in [0.1, 0.15) is 11.2 Å². The van der Waals surface area contributed by atoms with Gasteiger partial charge in [-0.15, -0.1) is 0 Å². The van der Waals surface area contributed by atoms with Crippen molar-refractivity contribution in [1.29, 1.82) is 0 Å². The summed E-state index contributed by atoms with van der Waals surface area (Å²) in [5, 5.41) is 9.10. The topological polar surface area (TPSA) is 51.8 Å². The highest BCUT2D eigenvalue weighted by Crippen LogP contribution is 2.37. The molecule has 0 aliphatic heterocycles. The van der Waals surface area contributed by atoms with E-state index in [1.807, 2.05) is 18.2 Å². The molecule has 0 unspecified atom stereocenters. The fourth-order valence-electron chi connectivity index (χ4n) is 7.92. The summed E-state index contributed by atoms with van der Waals surface area (Å²) in [6.45, 7) is 0. The molecular formula is C51H31N3O. The maximum Gasteiger partial charge on any atom is 0.164 e. The van der Waals surface area contributed by atoms with Gasteiger partial charge in [0.2, 0.25) is 0 Å². The lowest BCUT2D eigenvalue weighted by molar-refractivity contribution is 0.669. The number of furan rings is 1. The molecular weight excluding hydrogens is 671 g/mol. The van der Waals surface area contributed by atoms with Crippen LogP contribution >= 0.6 is 0 Å². The van der Waals surface area contributed by atoms with Crippen LogP contribution in [0, 0.1) is 0 Å². The summed E-state index contributed by atoms with van der Waals surface area (Å²) in [7, 11) is 0. The van der Waals surface area contributed by atoms with Gasteiger partial charge in [-0.05, 0) is 84.9 Å². The first-order valence-electron chi connectivity index (χ1n) is 18.5. The van der Waals surface area contributed by atoms with Crippen LogP contribution in [0.5, 0.6) is 0 Å². The van der Waals surface area contributed by atoms with Gasteiger partial charge in [0, 0.05) is 27.5 Å². The zero-order chi connectivity index (χ0) is 36.3. The third-order valence-electron chi connectivity index (χ3n) is 10.7. The fraction of sp³-hybridized carbons (Fsp3) is 0. The molecule has 4 nitrogen and oxygen atoms in total. The molecule has 0 saturated carbocycles. The molecule has 0 saturated heterocycles. The smallest absolute Gasteiger partial charge is 0.164 e. The quantitative estimate of drug-likeness (QED) is 0.179. The Hall–Kier alpha value is -7.43. The first kappa shape index (κ1) is 31.1. The monoisotopic (exact) mass is 701 g/mol. The molecule has 0 N–H and O–H groups in total. The largest absolute Gasteiger partial charge is 0.456 e. The average Bonchev–Trinajstić information content (AvgIpc) is 3.62. The highest BCUT2D eigenvalue weighted by Gasteiger charge is 2.17. The van der Waals surface area contributed by atoms with Gasteiger partial charge in [0.05, 0.1) is 0 Å². The summed E-state index contributed by atoms with van der Waals surface area (Å²) in [6, 6.07) is 65.9. The molecule has 2 heterocycles. The molecule has 0 bridgehead atoms. The van der Waals surface area contributed by atoms with Gasteiger partial charge >= 0.3 is 0 Å². The normalized spacial score (nSPS) is 11.6. The number of para-hydroxylation sites is 1. The van der Waals surface area contributed by atoms with Gasteiger partial charge in [-0.3, -0.25) is 0 Å². The Bertz CT molecular complexity index is 3260. The molecule has 2 aromatic heterocycles. The van der Waals surface area contributed by atoms with Crippen molar-refractivity contribution in [1.82, 2.24) is 15.0 Å². The molecule has 11 rings (SSSR count). The molecule has 11 aromatic rings. The zero-order valence-electron chi connectivity index (χ0n) is 29.6. The molecule has 0 atom stereocenters. The number of hydrogen-bond donors (Lipinski definition) is 0. The Balaban J connectivity index is 1.07. The van der Waals surface area contributed by atoms with Crippen molar-refractivity contribution in [3.05, 3.63) is 188 Å². The zero-order valence-corrected chi connectivity index (χ0v) is 29.6. The van der Waals surface area contributed by atoms with Crippen LogP contribution in [0.3, 0.4) is 0 Å². The van der Waals surface area contributed by atoms with Crippen LogP contribution in [0.2, 0.25) is 0 Å². The first-order chi connectivity index (χ1) is 27.2. The molecule has 0 spiro atoms. The van der Waals surface area contributed by atoms with Crippen LogP contribution in [-0.4, -0.2) is 15.0 Å². The van der Waals surface area contributed by atoms with Crippen molar-refractivity contribution in [2.24, 2.45) is 0 Å². The molecule has 4 heteroatoms. The predicted molar refractivity (Wildman–Crippen MR) is 227 cm³/mol. The second-order valence-electron chi connectivity index (χ2n) is 14.0. The van der Waals surface area contributed by atoms with E-state index in [1.165, 1.54) is 27.5 Å². The van der Waals surface area contributed by atoms with E-state index in [1.54, 1.807) is 0 Å². The minimum atomic E-state index is 0.612. The van der Waals surface area contributed by atoms with E-state index >= 15 is 0 Å². The van der Waals surface area contributed by atoms with Crippen molar-refractivity contribution < 1.29 is 4.42 Å². The lowest BCUT2D eigenvalue weighted by Gasteiger charge is -2.13. The predicted octanol–water partition coefficient (Wildman–Crippen LogP) is 13.6. The standard InChI is InChI=1S/C51H31N3O/c1-2-11-34(12-3-1)41-15-8-17-43-42(41)16-9-18-45(43)51-53-49(35-23-20-33(21-24-35)37-25-22-32-10-4-5-13-36(32)28-37)52-50(54-51)39-27-26-38-30-46-44-14-6-7-19-47(44)55-48(46)31-40(38)29-39/h1-31H. The van der Waals surface area contributed by atoms with Crippen LogP contribution in [0.15, 0.2) is 192 Å². The van der Waals surface area contributed by atoms with E-state index < -0.39 is 0 Å². The van der Waals surface area contributed by atoms with E-state index in [-0.39, 0.29) is 0 Å². The molecule has 0 radical (unpaired) electrons. The van der Waals surface area contributed by atoms with Crippen LogP contribution in [0.1, 0.15) is 0 Å². The molecule has 0 aliphatic carbocycles.